The molecule has 0 spiro atoms. The number of hydrogen-bond donors (Lipinski definition) is 1. The van der Waals surface area contributed by atoms with Gasteiger partial charge in [-0.3, -0.25) is 5.32 Å². The van der Waals surface area contributed by atoms with E-state index in [4.69, 9.17) is 5.26 Å². The first kappa shape index (κ1) is 8.75. The van der Waals surface area contributed by atoms with E-state index in [1.165, 1.54) is 6.34 Å². The number of hydrogen-bond acceptors (Lipinski definition) is 2. The molecule has 0 amide bonds. The normalized spacial score (nSPS) is 9.67. The van der Waals surface area contributed by atoms with Crippen molar-refractivity contribution in [1.29, 1.82) is 5.26 Å². The Balaban J connectivity index is 2.71. The van der Waals surface area contributed by atoms with Crippen LogP contribution in [0, 0.1) is 11.5 Å². The van der Waals surface area contributed by atoms with Crippen LogP contribution in [0.1, 0.15) is 0 Å². The van der Waals surface area contributed by atoms with Crippen molar-refractivity contribution in [2.75, 3.05) is 0 Å². The van der Waals surface area contributed by atoms with E-state index in [-0.39, 0.29) is 0 Å². The largest absolute Gasteiger partial charge is 0.283 e. The Morgan fingerprint density at radius 1 is 1.58 bits per heavy atom. The Morgan fingerprint density at radius 3 is 3.08 bits per heavy atom. The quantitative estimate of drug-likeness (QED) is 0.362. The molecule has 0 radical (unpaired) electrons. The molecule has 3 nitrogen and oxygen atoms in total. The van der Waals surface area contributed by atoms with E-state index in [2.05, 4.69) is 26.2 Å². The van der Waals surface area contributed by atoms with Gasteiger partial charge in [0.05, 0.1) is 5.69 Å². The topological polar surface area (TPSA) is 48.2 Å². The summed E-state index contributed by atoms with van der Waals surface area (Å²) in [5.74, 6) is 0. The molecule has 0 unspecified atom stereocenters. The third kappa shape index (κ3) is 2.72. The first-order valence-electron chi connectivity index (χ1n) is 3.25. The zero-order valence-corrected chi connectivity index (χ0v) is 7.75. The fourth-order valence-electron chi connectivity index (χ4n) is 0.692. The third-order valence-corrected chi connectivity index (χ3v) is 1.64. The number of rotatable bonds is 2. The van der Waals surface area contributed by atoms with Gasteiger partial charge in [-0.2, -0.15) is 5.26 Å². The van der Waals surface area contributed by atoms with Crippen LogP contribution in [0.3, 0.4) is 0 Å². The lowest BCUT2D eigenvalue weighted by Crippen LogP contribution is -1.98. The second-order valence-electron chi connectivity index (χ2n) is 1.99. The molecule has 1 aromatic carbocycles. The number of nitrogens with one attached hydrogen (secondary N) is 1. The number of nitriles is 1. The van der Waals surface area contributed by atoms with Crippen molar-refractivity contribution in [3.63, 3.8) is 0 Å². The van der Waals surface area contributed by atoms with Crippen LogP contribution in [0.2, 0.25) is 0 Å². The zero-order valence-electron chi connectivity index (χ0n) is 6.16. The average molecular weight is 224 g/mol. The van der Waals surface area contributed by atoms with Gasteiger partial charge in [0.15, 0.2) is 6.19 Å². The molecule has 1 N–H and O–H groups in total. The van der Waals surface area contributed by atoms with E-state index in [0.29, 0.717) is 0 Å². The van der Waals surface area contributed by atoms with Gasteiger partial charge < -0.3 is 0 Å². The molecule has 4 heteroatoms. The first-order chi connectivity index (χ1) is 5.83. The molecule has 60 valence electrons. The standard InChI is InChI=1S/C8H6BrN3/c9-7-2-1-3-8(4-7)12-6-11-5-10/h1-4,6H,(H,11,12). The predicted molar refractivity (Wildman–Crippen MR) is 51.0 cm³/mol. The molecule has 0 aliphatic carbocycles. The summed E-state index contributed by atoms with van der Waals surface area (Å²) in [7, 11) is 0. The van der Waals surface area contributed by atoms with Crippen molar-refractivity contribution < 1.29 is 0 Å². The van der Waals surface area contributed by atoms with Crippen molar-refractivity contribution in [1.82, 2.24) is 5.32 Å². The van der Waals surface area contributed by atoms with E-state index in [1.54, 1.807) is 6.19 Å². The second-order valence-corrected chi connectivity index (χ2v) is 2.91. The molecule has 0 aliphatic heterocycles. The monoisotopic (exact) mass is 223 g/mol. The molecule has 0 bridgehead atoms. The lowest BCUT2D eigenvalue weighted by atomic mass is 10.3. The summed E-state index contributed by atoms with van der Waals surface area (Å²) < 4.78 is 0.967. The van der Waals surface area contributed by atoms with E-state index in [0.717, 1.165) is 10.2 Å². The maximum absolute atomic E-state index is 8.14. The molecular weight excluding hydrogens is 218 g/mol. The van der Waals surface area contributed by atoms with Crippen LogP contribution >= 0.6 is 15.9 Å². The number of nitrogens with zero attached hydrogens (tertiary/aromatic N) is 2. The Hall–Kier alpha value is -1.34. The fourth-order valence-corrected chi connectivity index (χ4v) is 1.08. The summed E-state index contributed by atoms with van der Waals surface area (Å²) in [6, 6.07) is 7.50. The molecule has 0 aliphatic rings. The van der Waals surface area contributed by atoms with Gasteiger partial charge in [0, 0.05) is 4.47 Å². The average Bonchev–Trinajstić information content (AvgIpc) is 2.05. The van der Waals surface area contributed by atoms with Gasteiger partial charge in [0.1, 0.15) is 6.34 Å². The molecule has 0 fully saturated rings. The Morgan fingerprint density at radius 2 is 2.42 bits per heavy atom. The molecule has 0 saturated heterocycles. The van der Waals surface area contributed by atoms with Crippen molar-refractivity contribution in [3.05, 3.63) is 28.7 Å². The van der Waals surface area contributed by atoms with E-state index in [9.17, 15) is 0 Å². The van der Waals surface area contributed by atoms with Crippen LogP contribution in [-0.2, 0) is 0 Å². The molecule has 0 aromatic heterocycles. The highest BCUT2D eigenvalue weighted by Gasteiger charge is 1.87. The minimum atomic E-state index is 0.798. The third-order valence-electron chi connectivity index (χ3n) is 1.15. The summed E-state index contributed by atoms with van der Waals surface area (Å²) in [5, 5.41) is 10.5. The maximum Gasteiger partial charge on any atom is 0.182 e. The number of aliphatic imine (C=N–C) groups is 1. The minimum Gasteiger partial charge on any atom is -0.283 e. The molecule has 0 atom stereocenters. The summed E-state index contributed by atoms with van der Waals surface area (Å²) in [4.78, 5) is 3.97. The number of benzene rings is 1. The van der Waals surface area contributed by atoms with Crippen LogP contribution in [0.5, 0.6) is 0 Å². The van der Waals surface area contributed by atoms with Gasteiger partial charge in [-0.1, -0.05) is 22.0 Å². The van der Waals surface area contributed by atoms with E-state index < -0.39 is 0 Å². The van der Waals surface area contributed by atoms with Crippen molar-refractivity contribution in [3.8, 4) is 6.19 Å². The summed E-state index contributed by atoms with van der Waals surface area (Å²) in [6.07, 6.45) is 3.09. The smallest absolute Gasteiger partial charge is 0.182 e. The molecule has 0 heterocycles. The lowest BCUT2D eigenvalue weighted by molar-refractivity contribution is 1.29. The fraction of sp³-hybridized carbons (Fsp3) is 0. The van der Waals surface area contributed by atoms with Crippen LogP contribution < -0.4 is 5.32 Å². The summed E-state index contributed by atoms with van der Waals surface area (Å²) in [6.45, 7) is 0. The van der Waals surface area contributed by atoms with Crippen LogP contribution in [0.4, 0.5) is 5.69 Å². The van der Waals surface area contributed by atoms with Crippen molar-refractivity contribution in [2.45, 2.75) is 0 Å². The second kappa shape index (κ2) is 4.52. The highest BCUT2D eigenvalue weighted by atomic mass is 79.9. The molecule has 1 aromatic rings. The Bertz CT molecular complexity index is 327. The van der Waals surface area contributed by atoms with Gasteiger partial charge in [-0.25, -0.2) is 4.99 Å². The number of halogens is 1. The zero-order chi connectivity index (χ0) is 8.81. The molecule has 1 rings (SSSR count). The highest BCUT2D eigenvalue weighted by Crippen LogP contribution is 2.17. The Kier molecular flexibility index (Phi) is 3.30. The van der Waals surface area contributed by atoms with Crippen molar-refractivity contribution in [2.24, 2.45) is 4.99 Å². The minimum absolute atomic E-state index is 0.798. The SMILES string of the molecule is N#CNC=Nc1cccc(Br)c1. The van der Waals surface area contributed by atoms with E-state index >= 15 is 0 Å². The van der Waals surface area contributed by atoms with Gasteiger partial charge in [0.2, 0.25) is 0 Å². The summed E-state index contributed by atoms with van der Waals surface area (Å²) >= 11 is 3.31. The Labute approximate surface area is 78.9 Å². The first-order valence-corrected chi connectivity index (χ1v) is 4.05. The van der Waals surface area contributed by atoms with Gasteiger partial charge in [-0.05, 0) is 18.2 Å². The van der Waals surface area contributed by atoms with Crippen molar-refractivity contribution >= 4 is 28.0 Å². The summed E-state index contributed by atoms with van der Waals surface area (Å²) in [5.41, 5.74) is 0.798. The van der Waals surface area contributed by atoms with Crippen LogP contribution in [0.25, 0.3) is 0 Å². The van der Waals surface area contributed by atoms with Gasteiger partial charge in [0.25, 0.3) is 0 Å². The van der Waals surface area contributed by atoms with Crippen LogP contribution in [-0.4, -0.2) is 6.34 Å². The van der Waals surface area contributed by atoms with Gasteiger partial charge in [-0.15, -0.1) is 0 Å². The van der Waals surface area contributed by atoms with E-state index in [1.807, 2.05) is 24.3 Å². The highest BCUT2D eigenvalue weighted by molar-refractivity contribution is 9.10. The molecular formula is C8H6BrN3. The van der Waals surface area contributed by atoms with Gasteiger partial charge >= 0.3 is 0 Å². The molecule has 12 heavy (non-hydrogen) atoms. The van der Waals surface area contributed by atoms with Crippen LogP contribution in [0.15, 0.2) is 33.7 Å². The maximum atomic E-state index is 8.14. The predicted octanol–water partition coefficient (Wildman–Crippen LogP) is 2.18. The molecule has 0 saturated carbocycles. The lowest BCUT2D eigenvalue weighted by Gasteiger charge is -1.92.